The van der Waals surface area contributed by atoms with Crippen molar-refractivity contribution in [3.8, 4) is 0 Å². The van der Waals surface area contributed by atoms with Gasteiger partial charge in [0.1, 0.15) is 0 Å². The Hall–Kier alpha value is -1.64. The van der Waals surface area contributed by atoms with E-state index < -0.39 is 0 Å². The lowest BCUT2D eigenvalue weighted by Gasteiger charge is -1.92. The average molecular weight is 162 g/mol. The van der Waals surface area contributed by atoms with Crippen LogP contribution in [0.3, 0.4) is 0 Å². The van der Waals surface area contributed by atoms with Crippen LogP contribution in [0.1, 0.15) is 11.1 Å². The van der Waals surface area contributed by atoms with Crippen LogP contribution in [0.2, 0.25) is 0 Å². The number of aryl methyl sites for hydroxylation is 1. The number of benzene rings is 1. The molecule has 1 rings (SSSR count). The fourth-order valence-electron chi connectivity index (χ4n) is 0.795. The second kappa shape index (κ2) is 4.28. The van der Waals surface area contributed by atoms with Gasteiger partial charge < -0.3 is 0 Å². The molecule has 0 saturated heterocycles. The van der Waals surface area contributed by atoms with Gasteiger partial charge in [-0.3, -0.25) is 4.79 Å². The van der Waals surface area contributed by atoms with E-state index in [-0.39, 0.29) is 0 Å². The minimum Gasteiger partial charge on any atom is -0.277 e. The van der Waals surface area contributed by atoms with E-state index in [9.17, 15) is 4.79 Å². The maximum absolute atomic E-state index is 9.82. The number of nitrogens with zero attached hydrogens (tertiary/aromatic N) is 1. The highest BCUT2D eigenvalue weighted by molar-refractivity contribution is 5.79. The van der Waals surface area contributed by atoms with E-state index in [4.69, 9.17) is 0 Å². The first kappa shape index (κ1) is 8.46. The number of hydrogen-bond acceptors (Lipinski definition) is 2. The molecule has 0 spiro atoms. The van der Waals surface area contributed by atoms with Crippen molar-refractivity contribution in [2.45, 2.75) is 6.92 Å². The minimum atomic E-state index is 0.532. The van der Waals surface area contributed by atoms with Gasteiger partial charge in [0.15, 0.2) is 0 Å². The monoisotopic (exact) mass is 162 g/mol. The van der Waals surface area contributed by atoms with Gasteiger partial charge >= 0.3 is 0 Å². The van der Waals surface area contributed by atoms with E-state index in [0.717, 1.165) is 5.56 Å². The van der Waals surface area contributed by atoms with Crippen LogP contribution in [-0.2, 0) is 4.79 Å². The summed E-state index contributed by atoms with van der Waals surface area (Å²) in [6, 6.07) is 7.85. The first-order valence-corrected chi connectivity index (χ1v) is 3.62. The van der Waals surface area contributed by atoms with E-state index in [1.165, 1.54) is 5.56 Å². The highest BCUT2D eigenvalue weighted by Crippen LogP contribution is 1.99. The number of nitrogens with one attached hydrogen (secondary N) is 1. The van der Waals surface area contributed by atoms with Gasteiger partial charge in [0.05, 0.1) is 6.21 Å². The second-order valence-corrected chi connectivity index (χ2v) is 2.42. The molecule has 62 valence electrons. The van der Waals surface area contributed by atoms with Crippen molar-refractivity contribution < 1.29 is 4.79 Å². The molecular formula is C9H10N2O. The van der Waals surface area contributed by atoms with Crippen LogP contribution in [0.25, 0.3) is 0 Å². The van der Waals surface area contributed by atoms with Gasteiger partial charge in [0, 0.05) is 0 Å². The van der Waals surface area contributed by atoms with Crippen molar-refractivity contribution in [1.82, 2.24) is 5.43 Å². The number of carbonyl (C=O) groups is 1. The highest BCUT2D eigenvalue weighted by atomic mass is 16.1. The van der Waals surface area contributed by atoms with Gasteiger partial charge in [-0.25, -0.2) is 5.43 Å². The summed E-state index contributed by atoms with van der Waals surface area (Å²) in [6.07, 6.45) is 2.12. The molecule has 1 aromatic rings. The van der Waals surface area contributed by atoms with E-state index in [2.05, 4.69) is 10.5 Å². The molecule has 1 aromatic carbocycles. The Kier molecular flexibility index (Phi) is 3.02. The Labute approximate surface area is 71.1 Å². The van der Waals surface area contributed by atoms with Crippen molar-refractivity contribution in [3.63, 3.8) is 0 Å². The first-order chi connectivity index (χ1) is 5.83. The number of hydrazone groups is 1. The molecule has 0 heterocycles. The fraction of sp³-hybridized carbons (Fsp3) is 0.111. The molecule has 0 bridgehead atoms. The number of rotatable bonds is 3. The smallest absolute Gasteiger partial charge is 0.227 e. The first-order valence-electron chi connectivity index (χ1n) is 3.62. The molecule has 0 aliphatic heterocycles. The molecule has 1 amide bonds. The SMILES string of the molecule is Cc1ccc(/C=N/NC=O)cc1. The summed E-state index contributed by atoms with van der Waals surface area (Å²) >= 11 is 0. The molecule has 0 unspecified atom stereocenters. The Bertz CT molecular complexity index is 277. The summed E-state index contributed by atoms with van der Waals surface area (Å²) < 4.78 is 0. The van der Waals surface area contributed by atoms with E-state index in [1.54, 1.807) is 6.21 Å². The molecule has 0 saturated carbocycles. The average Bonchev–Trinajstić information content (AvgIpc) is 2.09. The molecule has 0 fully saturated rings. The molecule has 0 aromatic heterocycles. The second-order valence-electron chi connectivity index (χ2n) is 2.42. The van der Waals surface area contributed by atoms with E-state index >= 15 is 0 Å². The zero-order chi connectivity index (χ0) is 8.81. The Balaban J connectivity index is 2.64. The molecule has 1 N–H and O–H groups in total. The summed E-state index contributed by atoms with van der Waals surface area (Å²) in [5.74, 6) is 0. The largest absolute Gasteiger partial charge is 0.277 e. The third-order valence-electron chi connectivity index (χ3n) is 1.42. The number of hydrogen-bond donors (Lipinski definition) is 1. The standard InChI is InChI=1S/C9H10N2O/c1-8-2-4-9(5-3-8)6-10-11-7-12/h2-7H,1H3,(H,11,12)/b10-6+. The highest BCUT2D eigenvalue weighted by Gasteiger charge is 1.85. The summed E-state index contributed by atoms with van der Waals surface area (Å²) in [5, 5.41) is 3.65. The lowest BCUT2D eigenvalue weighted by molar-refractivity contribution is -0.109. The third-order valence-corrected chi connectivity index (χ3v) is 1.42. The van der Waals surface area contributed by atoms with Crippen molar-refractivity contribution in [1.29, 1.82) is 0 Å². The number of carbonyl (C=O) groups excluding carboxylic acids is 1. The van der Waals surface area contributed by atoms with Gasteiger partial charge in [-0.2, -0.15) is 5.10 Å². The Morgan fingerprint density at radius 1 is 1.33 bits per heavy atom. The van der Waals surface area contributed by atoms with Crippen molar-refractivity contribution >= 4 is 12.6 Å². The normalized spacial score (nSPS) is 10.1. The molecule has 0 atom stereocenters. The quantitative estimate of drug-likeness (QED) is 0.403. The van der Waals surface area contributed by atoms with Crippen molar-refractivity contribution in [2.75, 3.05) is 0 Å². The fourth-order valence-corrected chi connectivity index (χ4v) is 0.795. The van der Waals surface area contributed by atoms with Gasteiger partial charge in [0.2, 0.25) is 6.41 Å². The topological polar surface area (TPSA) is 41.5 Å². The molecule has 0 aliphatic rings. The van der Waals surface area contributed by atoms with Crippen LogP contribution < -0.4 is 5.43 Å². The van der Waals surface area contributed by atoms with E-state index in [1.807, 2.05) is 31.2 Å². The van der Waals surface area contributed by atoms with E-state index in [0.29, 0.717) is 6.41 Å². The van der Waals surface area contributed by atoms with Crippen molar-refractivity contribution in [3.05, 3.63) is 35.4 Å². The summed E-state index contributed by atoms with van der Waals surface area (Å²) in [4.78, 5) is 9.82. The molecule has 0 radical (unpaired) electrons. The van der Waals surface area contributed by atoms with Crippen LogP contribution in [-0.4, -0.2) is 12.6 Å². The van der Waals surface area contributed by atoms with Gasteiger partial charge in [-0.15, -0.1) is 0 Å². The summed E-state index contributed by atoms with van der Waals surface area (Å²) in [7, 11) is 0. The molecule has 12 heavy (non-hydrogen) atoms. The zero-order valence-electron chi connectivity index (χ0n) is 6.82. The van der Waals surface area contributed by atoms with Crippen LogP contribution >= 0.6 is 0 Å². The van der Waals surface area contributed by atoms with Crippen LogP contribution in [0.15, 0.2) is 29.4 Å². The maximum Gasteiger partial charge on any atom is 0.227 e. The molecule has 3 heteroatoms. The van der Waals surface area contributed by atoms with Crippen molar-refractivity contribution in [2.24, 2.45) is 5.10 Å². The predicted octanol–water partition coefficient (Wildman–Crippen LogP) is 1.07. The summed E-state index contributed by atoms with van der Waals surface area (Å²) in [5.41, 5.74) is 4.37. The third kappa shape index (κ3) is 2.54. The molecule has 3 nitrogen and oxygen atoms in total. The Morgan fingerprint density at radius 2 is 2.00 bits per heavy atom. The lowest BCUT2D eigenvalue weighted by atomic mass is 10.2. The Morgan fingerprint density at radius 3 is 2.58 bits per heavy atom. The van der Waals surface area contributed by atoms with Gasteiger partial charge in [-0.05, 0) is 12.5 Å². The van der Waals surface area contributed by atoms with Gasteiger partial charge in [0.25, 0.3) is 0 Å². The minimum absolute atomic E-state index is 0.532. The summed E-state index contributed by atoms with van der Waals surface area (Å²) in [6.45, 7) is 2.02. The van der Waals surface area contributed by atoms with Crippen LogP contribution in [0.4, 0.5) is 0 Å². The number of amides is 1. The molecular weight excluding hydrogens is 152 g/mol. The maximum atomic E-state index is 9.82. The molecule has 0 aliphatic carbocycles. The van der Waals surface area contributed by atoms with Gasteiger partial charge in [-0.1, -0.05) is 29.8 Å². The lowest BCUT2D eigenvalue weighted by Crippen LogP contribution is -2.00. The zero-order valence-corrected chi connectivity index (χ0v) is 6.82. The predicted molar refractivity (Wildman–Crippen MR) is 48.0 cm³/mol. The van der Waals surface area contributed by atoms with Crippen LogP contribution in [0.5, 0.6) is 0 Å². The van der Waals surface area contributed by atoms with Crippen LogP contribution in [0, 0.1) is 6.92 Å².